The average Bonchev–Trinajstić information content (AvgIpc) is 2.61. The zero-order valence-corrected chi connectivity index (χ0v) is 15.8. The molecule has 0 aliphatic carbocycles. The van der Waals surface area contributed by atoms with Crippen molar-refractivity contribution < 1.29 is 14.6 Å². The highest BCUT2D eigenvalue weighted by Gasteiger charge is 2.20. The lowest BCUT2D eigenvalue weighted by atomic mass is 9.97. The van der Waals surface area contributed by atoms with Crippen LogP contribution in [0.3, 0.4) is 0 Å². The van der Waals surface area contributed by atoms with Crippen LogP contribution in [0.25, 0.3) is 0 Å². The Hall–Kier alpha value is -1.75. The molecule has 1 heterocycles. The summed E-state index contributed by atoms with van der Waals surface area (Å²) in [6.45, 7) is 3.52. The first-order chi connectivity index (χ1) is 12.5. The number of ether oxygens (including phenoxy) is 1. The van der Waals surface area contributed by atoms with E-state index in [9.17, 15) is 4.79 Å². The van der Waals surface area contributed by atoms with Gasteiger partial charge in [0.15, 0.2) is 0 Å². The number of hydrogen-bond donors (Lipinski definition) is 1. The smallest absolute Gasteiger partial charge is 0.335 e. The summed E-state index contributed by atoms with van der Waals surface area (Å²) in [4.78, 5) is 13.3. The number of piperidine rings is 1. The summed E-state index contributed by atoms with van der Waals surface area (Å²) < 4.78 is 5.85. The molecule has 0 bridgehead atoms. The van der Waals surface area contributed by atoms with E-state index in [1.54, 1.807) is 30.3 Å². The zero-order valence-electron chi connectivity index (χ0n) is 14.3. The van der Waals surface area contributed by atoms with Crippen LogP contribution >= 0.6 is 23.2 Å². The molecule has 0 radical (unpaired) electrons. The summed E-state index contributed by atoms with van der Waals surface area (Å²) in [6, 6.07) is 12.4. The second kappa shape index (κ2) is 8.76. The molecule has 0 amide bonds. The van der Waals surface area contributed by atoms with Gasteiger partial charge in [-0.3, -0.25) is 4.90 Å². The minimum absolute atomic E-state index is 0.325. The third-order valence-electron chi connectivity index (χ3n) is 4.64. The molecule has 0 aromatic heterocycles. The first-order valence-electron chi connectivity index (χ1n) is 8.63. The summed E-state index contributed by atoms with van der Waals surface area (Å²) in [7, 11) is 0. The minimum atomic E-state index is -0.890. The van der Waals surface area contributed by atoms with E-state index in [1.165, 1.54) is 0 Å². The SMILES string of the molecule is O=C(O)c1ccc(CN2CCC(COc3cc(Cl)cc(Cl)c3)CC2)cc1. The fraction of sp³-hybridized carbons (Fsp3) is 0.350. The summed E-state index contributed by atoms with van der Waals surface area (Å²) in [5.74, 6) is 0.334. The van der Waals surface area contributed by atoms with Crippen LogP contribution in [0, 0.1) is 5.92 Å². The van der Waals surface area contributed by atoms with Gasteiger partial charge in [-0.25, -0.2) is 4.79 Å². The van der Waals surface area contributed by atoms with Gasteiger partial charge >= 0.3 is 5.97 Å². The lowest BCUT2D eigenvalue weighted by molar-refractivity contribution is 0.0697. The number of carbonyl (C=O) groups is 1. The van der Waals surface area contributed by atoms with E-state index in [2.05, 4.69) is 4.90 Å². The van der Waals surface area contributed by atoms with Gasteiger partial charge in [0, 0.05) is 16.6 Å². The monoisotopic (exact) mass is 393 g/mol. The van der Waals surface area contributed by atoms with E-state index in [4.69, 9.17) is 33.0 Å². The van der Waals surface area contributed by atoms with Gasteiger partial charge in [0.1, 0.15) is 5.75 Å². The topological polar surface area (TPSA) is 49.8 Å². The van der Waals surface area contributed by atoms with Crippen molar-refractivity contribution in [3.63, 3.8) is 0 Å². The second-order valence-electron chi connectivity index (χ2n) is 6.64. The van der Waals surface area contributed by atoms with Crippen molar-refractivity contribution in [2.75, 3.05) is 19.7 Å². The van der Waals surface area contributed by atoms with Crippen molar-refractivity contribution in [3.05, 3.63) is 63.6 Å². The Morgan fingerprint density at radius 1 is 1.08 bits per heavy atom. The third kappa shape index (κ3) is 5.37. The molecule has 26 heavy (non-hydrogen) atoms. The van der Waals surface area contributed by atoms with Crippen LogP contribution in [0.1, 0.15) is 28.8 Å². The van der Waals surface area contributed by atoms with E-state index < -0.39 is 5.97 Å². The highest BCUT2D eigenvalue weighted by molar-refractivity contribution is 6.34. The molecule has 0 unspecified atom stereocenters. The maximum Gasteiger partial charge on any atom is 0.335 e. The fourth-order valence-electron chi connectivity index (χ4n) is 3.15. The van der Waals surface area contributed by atoms with E-state index in [-0.39, 0.29) is 0 Å². The Morgan fingerprint density at radius 3 is 2.27 bits per heavy atom. The van der Waals surface area contributed by atoms with Crippen LogP contribution in [0.2, 0.25) is 10.0 Å². The molecule has 138 valence electrons. The van der Waals surface area contributed by atoms with Gasteiger partial charge < -0.3 is 9.84 Å². The second-order valence-corrected chi connectivity index (χ2v) is 7.51. The van der Waals surface area contributed by atoms with Crippen molar-refractivity contribution in [1.29, 1.82) is 0 Å². The normalized spacial score (nSPS) is 15.8. The fourth-order valence-corrected chi connectivity index (χ4v) is 3.65. The predicted molar refractivity (Wildman–Crippen MR) is 103 cm³/mol. The van der Waals surface area contributed by atoms with Crippen molar-refractivity contribution >= 4 is 29.2 Å². The van der Waals surface area contributed by atoms with E-state index in [0.29, 0.717) is 33.9 Å². The highest BCUT2D eigenvalue weighted by atomic mass is 35.5. The summed E-state index contributed by atoms with van der Waals surface area (Å²) in [6.07, 6.45) is 2.14. The minimum Gasteiger partial charge on any atom is -0.493 e. The summed E-state index contributed by atoms with van der Waals surface area (Å²) in [5, 5.41) is 10.1. The molecule has 0 spiro atoms. The number of hydrogen-bond acceptors (Lipinski definition) is 3. The van der Waals surface area contributed by atoms with E-state index >= 15 is 0 Å². The average molecular weight is 394 g/mol. The van der Waals surface area contributed by atoms with Gasteiger partial charge in [-0.2, -0.15) is 0 Å². The van der Waals surface area contributed by atoms with E-state index in [1.807, 2.05) is 12.1 Å². The molecule has 6 heteroatoms. The Labute approximate surface area is 163 Å². The Bertz CT molecular complexity index is 736. The maximum absolute atomic E-state index is 10.9. The first kappa shape index (κ1) is 19.0. The number of carboxylic acids is 1. The molecule has 0 saturated carbocycles. The Balaban J connectivity index is 1.44. The van der Waals surface area contributed by atoms with Crippen LogP contribution < -0.4 is 4.74 Å². The Kier molecular flexibility index (Phi) is 6.41. The zero-order chi connectivity index (χ0) is 18.5. The van der Waals surface area contributed by atoms with Gasteiger partial charge in [0.25, 0.3) is 0 Å². The lowest BCUT2D eigenvalue weighted by Crippen LogP contribution is -2.35. The van der Waals surface area contributed by atoms with E-state index in [0.717, 1.165) is 38.0 Å². The molecular weight excluding hydrogens is 373 g/mol. The lowest BCUT2D eigenvalue weighted by Gasteiger charge is -2.31. The highest BCUT2D eigenvalue weighted by Crippen LogP contribution is 2.26. The van der Waals surface area contributed by atoms with Gasteiger partial charge in [0.2, 0.25) is 0 Å². The molecule has 1 N–H and O–H groups in total. The van der Waals surface area contributed by atoms with Crippen molar-refractivity contribution in [1.82, 2.24) is 4.90 Å². The van der Waals surface area contributed by atoms with Crippen molar-refractivity contribution in [3.8, 4) is 5.75 Å². The van der Waals surface area contributed by atoms with Crippen molar-refractivity contribution in [2.24, 2.45) is 5.92 Å². The third-order valence-corrected chi connectivity index (χ3v) is 5.07. The van der Waals surface area contributed by atoms with Gasteiger partial charge in [-0.15, -0.1) is 0 Å². The molecule has 1 aliphatic heterocycles. The summed E-state index contributed by atoms with van der Waals surface area (Å²) in [5.41, 5.74) is 1.46. The number of aromatic carboxylic acids is 1. The molecule has 2 aromatic rings. The van der Waals surface area contributed by atoms with Gasteiger partial charge in [-0.05, 0) is 67.7 Å². The standard InChI is InChI=1S/C20H21Cl2NO3/c21-17-9-18(22)11-19(10-17)26-13-15-5-7-23(8-6-15)12-14-1-3-16(4-2-14)20(24)25/h1-4,9-11,15H,5-8,12-13H2,(H,24,25). The molecular formula is C20H21Cl2NO3. The number of benzene rings is 2. The predicted octanol–water partition coefficient (Wildman–Crippen LogP) is 4.98. The van der Waals surface area contributed by atoms with Crippen LogP contribution in [0.15, 0.2) is 42.5 Å². The molecule has 2 aromatic carbocycles. The molecule has 0 atom stereocenters. The number of likely N-dealkylation sites (tertiary alicyclic amines) is 1. The molecule has 1 fully saturated rings. The molecule has 1 aliphatic rings. The number of carboxylic acid groups (broad SMARTS) is 1. The molecule has 1 saturated heterocycles. The maximum atomic E-state index is 10.9. The first-order valence-corrected chi connectivity index (χ1v) is 9.38. The van der Waals surface area contributed by atoms with Crippen LogP contribution in [-0.2, 0) is 6.54 Å². The van der Waals surface area contributed by atoms with Crippen LogP contribution in [0.5, 0.6) is 5.75 Å². The van der Waals surface area contributed by atoms with Crippen LogP contribution in [-0.4, -0.2) is 35.7 Å². The molecule has 3 rings (SSSR count). The largest absolute Gasteiger partial charge is 0.493 e. The van der Waals surface area contributed by atoms with Crippen molar-refractivity contribution in [2.45, 2.75) is 19.4 Å². The number of halogens is 2. The number of nitrogens with zero attached hydrogens (tertiary/aromatic N) is 1. The quantitative estimate of drug-likeness (QED) is 0.751. The summed E-state index contributed by atoms with van der Waals surface area (Å²) >= 11 is 12.0. The van der Waals surface area contributed by atoms with Gasteiger partial charge in [-0.1, -0.05) is 35.3 Å². The van der Waals surface area contributed by atoms with Crippen LogP contribution in [0.4, 0.5) is 0 Å². The number of rotatable bonds is 6. The molecule has 4 nitrogen and oxygen atoms in total. The Morgan fingerprint density at radius 2 is 1.69 bits per heavy atom. The van der Waals surface area contributed by atoms with Gasteiger partial charge in [0.05, 0.1) is 12.2 Å².